The molecule has 2 heterocycles. The zero-order valence-corrected chi connectivity index (χ0v) is 15.1. The Labute approximate surface area is 153 Å². The number of likely N-dealkylation sites (tertiary alicyclic amines) is 1. The third kappa shape index (κ3) is 2.28. The molecule has 1 atom stereocenters. The van der Waals surface area contributed by atoms with Crippen molar-refractivity contribution >= 4 is 16.9 Å². The molecule has 5 rings (SSSR count). The highest BCUT2D eigenvalue weighted by Gasteiger charge is 2.53. The molecule has 1 amide bonds. The van der Waals surface area contributed by atoms with Crippen molar-refractivity contribution in [2.45, 2.75) is 37.6 Å². The van der Waals surface area contributed by atoms with Gasteiger partial charge in [-0.3, -0.25) is 4.79 Å². The van der Waals surface area contributed by atoms with Gasteiger partial charge in [0.1, 0.15) is 5.82 Å². The maximum Gasteiger partial charge on any atom is 0.233 e. The van der Waals surface area contributed by atoms with Gasteiger partial charge >= 0.3 is 0 Å². The van der Waals surface area contributed by atoms with Gasteiger partial charge in [-0.05, 0) is 43.9 Å². The predicted molar refractivity (Wildman–Crippen MR) is 102 cm³/mol. The van der Waals surface area contributed by atoms with Crippen molar-refractivity contribution in [2.24, 2.45) is 0 Å². The third-order valence-corrected chi connectivity index (χ3v) is 6.07. The molecule has 1 aliphatic heterocycles. The summed E-state index contributed by atoms with van der Waals surface area (Å²) in [6, 6.07) is 18.9. The van der Waals surface area contributed by atoms with Crippen molar-refractivity contribution in [3.8, 4) is 0 Å². The van der Waals surface area contributed by atoms with E-state index in [4.69, 9.17) is 4.98 Å². The molecule has 1 aromatic heterocycles. The summed E-state index contributed by atoms with van der Waals surface area (Å²) in [6.45, 7) is 3.69. The normalized spacial score (nSPS) is 21.3. The van der Waals surface area contributed by atoms with Gasteiger partial charge in [-0.25, -0.2) is 4.98 Å². The number of imidazole rings is 1. The van der Waals surface area contributed by atoms with E-state index in [1.807, 2.05) is 24.3 Å². The number of hydrogen-bond donors (Lipinski definition) is 0. The first-order valence-electron chi connectivity index (χ1n) is 9.47. The molecule has 4 nitrogen and oxygen atoms in total. The molecule has 2 aliphatic rings. The number of aromatic nitrogens is 2. The Balaban J connectivity index is 1.41. The molecule has 2 aromatic carbocycles. The molecular weight excluding hydrogens is 322 g/mol. The first kappa shape index (κ1) is 15.6. The number of hydrogen-bond acceptors (Lipinski definition) is 2. The van der Waals surface area contributed by atoms with E-state index in [2.05, 4.69) is 46.7 Å². The van der Waals surface area contributed by atoms with Crippen LogP contribution in [0.5, 0.6) is 0 Å². The van der Waals surface area contributed by atoms with Gasteiger partial charge in [0.15, 0.2) is 0 Å². The first-order chi connectivity index (χ1) is 12.7. The molecule has 3 aromatic rings. The molecule has 0 spiro atoms. The van der Waals surface area contributed by atoms with Gasteiger partial charge in [-0.1, -0.05) is 42.5 Å². The lowest BCUT2D eigenvalue weighted by molar-refractivity contribution is -0.133. The monoisotopic (exact) mass is 345 g/mol. The van der Waals surface area contributed by atoms with Crippen LogP contribution in [0.25, 0.3) is 11.0 Å². The molecule has 26 heavy (non-hydrogen) atoms. The van der Waals surface area contributed by atoms with Gasteiger partial charge in [0.2, 0.25) is 5.91 Å². The number of carbonyl (C=O) groups is 1. The lowest BCUT2D eigenvalue weighted by Gasteiger charge is -2.24. The van der Waals surface area contributed by atoms with E-state index in [0.717, 1.165) is 43.7 Å². The Bertz CT molecular complexity index is 971. The number of para-hydroxylation sites is 2. The van der Waals surface area contributed by atoms with E-state index in [0.29, 0.717) is 11.9 Å². The molecule has 1 saturated heterocycles. The Morgan fingerprint density at radius 3 is 2.58 bits per heavy atom. The Morgan fingerprint density at radius 2 is 1.81 bits per heavy atom. The maximum atomic E-state index is 13.3. The maximum absolute atomic E-state index is 13.3. The van der Waals surface area contributed by atoms with Crippen LogP contribution in [0.3, 0.4) is 0 Å². The smallest absolute Gasteiger partial charge is 0.233 e. The van der Waals surface area contributed by atoms with Crippen LogP contribution in [-0.4, -0.2) is 33.4 Å². The molecule has 0 radical (unpaired) electrons. The topological polar surface area (TPSA) is 38.1 Å². The van der Waals surface area contributed by atoms with Crippen LogP contribution in [-0.2, 0) is 10.2 Å². The van der Waals surface area contributed by atoms with Gasteiger partial charge in [-0.2, -0.15) is 0 Å². The average Bonchev–Trinajstić information content (AvgIpc) is 3.22. The number of carbonyl (C=O) groups excluding carboxylic acids is 1. The largest absolute Gasteiger partial charge is 0.340 e. The van der Waals surface area contributed by atoms with Crippen LogP contribution < -0.4 is 0 Å². The molecule has 132 valence electrons. The van der Waals surface area contributed by atoms with E-state index < -0.39 is 0 Å². The first-order valence-corrected chi connectivity index (χ1v) is 9.47. The van der Waals surface area contributed by atoms with E-state index in [1.165, 1.54) is 11.1 Å². The summed E-state index contributed by atoms with van der Waals surface area (Å²) in [6.07, 6.45) is 2.95. The summed E-state index contributed by atoms with van der Waals surface area (Å²) < 4.78 is 2.32. The predicted octanol–water partition coefficient (Wildman–Crippen LogP) is 3.85. The van der Waals surface area contributed by atoms with Gasteiger partial charge < -0.3 is 9.47 Å². The molecule has 1 unspecified atom stereocenters. The van der Waals surface area contributed by atoms with Crippen molar-refractivity contribution in [3.63, 3.8) is 0 Å². The fraction of sp³-hybridized carbons (Fsp3) is 0.364. The summed E-state index contributed by atoms with van der Waals surface area (Å²) in [4.78, 5) is 20.1. The molecule has 0 bridgehead atoms. The van der Waals surface area contributed by atoms with Crippen LogP contribution in [0.15, 0.2) is 54.6 Å². The van der Waals surface area contributed by atoms with Gasteiger partial charge in [0, 0.05) is 13.1 Å². The van der Waals surface area contributed by atoms with Crippen LogP contribution >= 0.6 is 0 Å². The standard InChI is InChI=1S/C22H23N3O/c1-16-23-19-9-5-6-10-20(19)25(16)18-11-14-24(15-18)21(26)22(12-13-22)17-7-3-2-4-8-17/h2-10,18H,11-15H2,1H3. The fourth-order valence-electron chi connectivity index (χ4n) is 4.57. The van der Waals surface area contributed by atoms with Crippen LogP contribution in [0, 0.1) is 6.92 Å². The zero-order chi connectivity index (χ0) is 17.7. The zero-order valence-electron chi connectivity index (χ0n) is 15.1. The number of fused-ring (bicyclic) bond motifs is 1. The van der Waals surface area contributed by atoms with Crippen molar-refractivity contribution in [1.82, 2.24) is 14.5 Å². The van der Waals surface area contributed by atoms with Gasteiger partial charge in [0.05, 0.1) is 22.5 Å². The van der Waals surface area contributed by atoms with Crippen molar-refractivity contribution in [3.05, 3.63) is 66.0 Å². The fourth-order valence-corrected chi connectivity index (χ4v) is 4.57. The number of rotatable bonds is 3. The highest BCUT2D eigenvalue weighted by molar-refractivity contribution is 5.91. The lowest BCUT2D eigenvalue weighted by Crippen LogP contribution is -2.38. The summed E-state index contributed by atoms with van der Waals surface area (Å²) in [7, 11) is 0. The highest BCUT2D eigenvalue weighted by atomic mass is 16.2. The minimum atomic E-state index is -0.262. The summed E-state index contributed by atoms with van der Waals surface area (Å²) in [5, 5.41) is 0. The van der Waals surface area contributed by atoms with E-state index in [9.17, 15) is 4.79 Å². The Kier molecular flexibility index (Phi) is 3.42. The summed E-state index contributed by atoms with van der Waals surface area (Å²) in [5.41, 5.74) is 3.13. The van der Waals surface area contributed by atoms with E-state index >= 15 is 0 Å². The molecule has 0 N–H and O–H groups in total. The van der Waals surface area contributed by atoms with Gasteiger partial charge in [0.25, 0.3) is 0 Å². The van der Waals surface area contributed by atoms with Gasteiger partial charge in [-0.15, -0.1) is 0 Å². The SMILES string of the molecule is Cc1nc2ccccc2n1C1CCN(C(=O)C2(c3ccccc3)CC2)C1. The van der Waals surface area contributed by atoms with Crippen molar-refractivity contribution in [1.29, 1.82) is 0 Å². The number of aryl methyl sites for hydroxylation is 1. The average molecular weight is 345 g/mol. The van der Waals surface area contributed by atoms with E-state index in [-0.39, 0.29) is 5.41 Å². The number of amides is 1. The molecule has 1 saturated carbocycles. The van der Waals surface area contributed by atoms with Crippen LogP contribution in [0.2, 0.25) is 0 Å². The minimum Gasteiger partial charge on any atom is -0.340 e. The quantitative estimate of drug-likeness (QED) is 0.723. The molecule has 4 heteroatoms. The highest BCUT2D eigenvalue weighted by Crippen LogP contribution is 2.50. The number of nitrogens with zero attached hydrogens (tertiary/aromatic N) is 3. The second-order valence-corrected chi connectivity index (χ2v) is 7.66. The summed E-state index contributed by atoms with van der Waals surface area (Å²) >= 11 is 0. The minimum absolute atomic E-state index is 0.262. The molecule has 2 fully saturated rings. The molecule has 1 aliphatic carbocycles. The van der Waals surface area contributed by atoms with Crippen LogP contribution in [0.4, 0.5) is 0 Å². The van der Waals surface area contributed by atoms with Crippen molar-refractivity contribution < 1.29 is 4.79 Å². The van der Waals surface area contributed by atoms with Crippen molar-refractivity contribution in [2.75, 3.05) is 13.1 Å². The second-order valence-electron chi connectivity index (χ2n) is 7.66. The second kappa shape index (κ2) is 5.70. The molecular formula is C22H23N3O. The third-order valence-electron chi connectivity index (χ3n) is 6.07. The Morgan fingerprint density at radius 1 is 1.08 bits per heavy atom. The number of benzene rings is 2. The lowest BCUT2D eigenvalue weighted by atomic mass is 9.94. The Hall–Kier alpha value is -2.62. The van der Waals surface area contributed by atoms with Crippen LogP contribution in [0.1, 0.15) is 36.7 Å². The summed E-state index contributed by atoms with van der Waals surface area (Å²) in [5.74, 6) is 1.35. The van der Waals surface area contributed by atoms with E-state index in [1.54, 1.807) is 0 Å².